The molecule has 1 aliphatic rings. The second-order valence-electron chi connectivity index (χ2n) is 6.25. The first-order valence-corrected chi connectivity index (χ1v) is 8.43. The number of carbonyl (C=O) groups excluding carboxylic acids is 1. The summed E-state index contributed by atoms with van der Waals surface area (Å²) in [5.41, 5.74) is 3.79. The van der Waals surface area contributed by atoms with Crippen molar-refractivity contribution in [3.8, 4) is 0 Å². The van der Waals surface area contributed by atoms with E-state index in [0.717, 1.165) is 19.4 Å². The Morgan fingerprint density at radius 2 is 1.88 bits per heavy atom. The van der Waals surface area contributed by atoms with E-state index in [1.165, 1.54) is 27.7 Å². The van der Waals surface area contributed by atoms with E-state index < -0.39 is 0 Å². The van der Waals surface area contributed by atoms with E-state index in [-0.39, 0.29) is 18.5 Å². The standard InChI is InChI=1S/C19H19N5O/c25-19(13-23-14-20-21-22-23)24-11-10-16-8-4-5-9-17(16)18(24)12-15-6-2-1-3-7-15/h1-9,14,18H,10-13H2. The number of hydrogen-bond donors (Lipinski definition) is 0. The average Bonchev–Trinajstić information content (AvgIpc) is 3.16. The van der Waals surface area contributed by atoms with Gasteiger partial charge in [0.05, 0.1) is 6.04 Å². The Bertz CT molecular complexity index is 847. The first kappa shape index (κ1) is 15.5. The van der Waals surface area contributed by atoms with Gasteiger partial charge in [0.2, 0.25) is 5.91 Å². The molecule has 2 heterocycles. The third kappa shape index (κ3) is 3.28. The quantitative estimate of drug-likeness (QED) is 0.733. The monoisotopic (exact) mass is 333 g/mol. The molecule has 3 aromatic rings. The van der Waals surface area contributed by atoms with Crippen LogP contribution in [0.1, 0.15) is 22.7 Å². The highest BCUT2D eigenvalue weighted by molar-refractivity contribution is 5.77. The Balaban J connectivity index is 1.64. The van der Waals surface area contributed by atoms with Crippen LogP contribution in [0.15, 0.2) is 60.9 Å². The molecule has 1 aliphatic heterocycles. The number of tetrazole rings is 1. The summed E-state index contributed by atoms with van der Waals surface area (Å²) >= 11 is 0. The Morgan fingerprint density at radius 3 is 2.68 bits per heavy atom. The van der Waals surface area contributed by atoms with Gasteiger partial charge in [-0.2, -0.15) is 0 Å². The third-order valence-corrected chi connectivity index (χ3v) is 4.69. The molecule has 4 rings (SSSR count). The van der Waals surface area contributed by atoms with E-state index in [4.69, 9.17) is 0 Å². The van der Waals surface area contributed by atoms with Crippen LogP contribution in [-0.4, -0.2) is 37.6 Å². The van der Waals surface area contributed by atoms with E-state index in [1.807, 2.05) is 29.2 Å². The Kier molecular flexibility index (Phi) is 4.24. The predicted octanol–water partition coefficient (Wildman–Crippen LogP) is 2.04. The van der Waals surface area contributed by atoms with Crippen LogP contribution < -0.4 is 0 Å². The summed E-state index contributed by atoms with van der Waals surface area (Å²) in [6, 6.07) is 18.8. The molecule has 6 heteroatoms. The van der Waals surface area contributed by atoms with E-state index in [1.54, 1.807) is 0 Å². The number of carbonyl (C=O) groups is 1. The Labute approximate surface area is 146 Å². The second kappa shape index (κ2) is 6.84. The van der Waals surface area contributed by atoms with Gasteiger partial charge in [-0.25, -0.2) is 4.68 Å². The summed E-state index contributed by atoms with van der Waals surface area (Å²) in [5.74, 6) is 0.0442. The minimum Gasteiger partial charge on any atom is -0.333 e. The van der Waals surface area contributed by atoms with Gasteiger partial charge in [-0.1, -0.05) is 54.6 Å². The van der Waals surface area contributed by atoms with Gasteiger partial charge in [0, 0.05) is 6.54 Å². The van der Waals surface area contributed by atoms with Crippen LogP contribution in [-0.2, 0) is 24.2 Å². The van der Waals surface area contributed by atoms with Crippen LogP contribution in [0.5, 0.6) is 0 Å². The molecule has 25 heavy (non-hydrogen) atoms. The minimum absolute atomic E-state index is 0.0383. The van der Waals surface area contributed by atoms with Gasteiger partial charge in [0.1, 0.15) is 12.9 Å². The lowest BCUT2D eigenvalue weighted by atomic mass is 9.88. The van der Waals surface area contributed by atoms with Crippen LogP contribution in [0.25, 0.3) is 0 Å². The van der Waals surface area contributed by atoms with Crippen LogP contribution in [0.3, 0.4) is 0 Å². The first-order chi connectivity index (χ1) is 12.3. The van der Waals surface area contributed by atoms with Gasteiger partial charge in [-0.3, -0.25) is 4.79 Å². The topological polar surface area (TPSA) is 63.9 Å². The average molecular weight is 333 g/mol. The van der Waals surface area contributed by atoms with Crippen LogP contribution in [0.2, 0.25) is 0 Å². The molecule has 0 fully saturated rings. The van der Waals surface area contributed by atoms with Crippen LogP contribution in [0, 0.1) is 0 Å². The van der Waals surface area contributed by atoms with Gasteiger partial charge in [0.25, 0.3) is 0 Å². The van der Waals surface area contributed by atoms with Crippen molar-refractivity contribution in [3.63, 3.8) is 0 Å². The molecule has 6 nitrogen and oxygen atoms in total. The molecule has 0 bridgehead atoms. The molecule has 2 aromatic carbocycles. The van der Waals surface area contributed by atoms with E-state index in [0.29, 0.717) is 0 Å². The number of amides is 1. The highest BCUT2D eigenvalue weighted by Gasteiger charge is 2.30. The van der Waals surface area contributed by atoms with E-state index in [2.05, 4.69) is 45.9 Å². The van der Waals surface area contributed by atoms with E-state index >= 15 is 0 Å². The molecule has 126 valence electrons. The van der Waals surface area contributed by atoms with Crippen molar-refractivity contribution < 1.29 is 4.79 Å². The fourth-order valence-electron chi connectivity index (χ4n) is 3.49. The molecule has 0 saturated carbocycles. The summed E-state index contributed by atoms with van der Waals surface area (Å²) in [6.45, 7) is 0.885. The zero-order valence-electron chi connectivity index (χ0n) is 13.8. The third-order valence-electron chi connectivity index (χ3n) is 4.69. The smallest absolute Gasteiger partial charge is 0.244 e. The zero-order chi connectivity index (χ0) is 17.1. The van der Waals surface area contributed by atoms with Gasteiger partial charge in [-0.05, 0) is 40.0 Å². The minimum atomic E-state index is 0.0383. The molecule has 0 N–H and O–H groups in total. The molecule has 0 radical (unpaired) electrons. The molecular formula is C19H19N5O. The maximum Gasteiger partial charge on any atom is 0.244 e. The summed E-state index contributed by atoms with van der Waals surface area (Å²) in [6.07, 6.45) is 3.16. The highest BCUT2D eigenvalue weighted by Crippen LogP contribution is 2.32. The Morgan fingerprint density at radius 1 is 1.08 bits per heavy atom. The molecule has 0 spiro atoms. The van der Waals surface area contributed by atoms with Gasteiger partial charge >= 0.3 is 0 Å². The number of fused-ring (bicyclic) bond motifs is 1. The molecule has 0 saturated heterocycles. The number of aromatic nitrogens is 4. The maximum atomic E-state index is 12.9. The normalized spacial score (nSPS) is 16.5. The zero-order valence-corrected chi connectivity index (χ0v) is 13.8. The van der Waals surface area contributed by atoms with E-state index in [9.17, 15) is 4.79 Å². The van der Waals surface area contributed by atoms with Crippen molar-refractivity contribution in [2.24, 2.45) is 0 Å². The number of nitrogens with zero attached hydrogens (tertiary/aromatic N) is 5. The SMILES string of the molecule is O=C(Cn1cnnn1)N1CCc2ccccc2C1Cc1ccccc1. The largest absolute Gasteiger partial charge is 0.333 e. The molecule has 1 atom stereocenters. The first-order valence-electron chi connectivity index (χ1n) is 8.43. The van der Waals surface area contributed by atoms with Crippen molar-refractivity contribution in [3.05, 3.63) is 77.6 Å². The number of hydrogen-bond acceptors (Lipinski definition) is 4. The molecule has 1 unspecified atom stereocenters. The molecule has 0 aliphatic carbocycles. The van der Waals surface area contributed by atoms with Gasteiger partial charge < -0.3 is 4.90 Å². The van der Waals surface area contributed by atoms with Crippen LogP contribution in [0.4, 0.5) is 0 Å². The van der Waals surface area contributed by atoms with Gasteiger partial charge in [-0.15, -0.1) is 5.10 Å². The summed E-state index contributed by atoms with van der Waals surface area (Å²) < 4.78 is 1.47. The lowest BCUT2D eigenvalue weighted by Crippen LogP contribution is -2.42. The molecule has 1 aromatic heterocycles. The lowest BCUT2D eigenvalue weighted by Gasteiger charge is -2.37. The van der Waals surface area contributed by atoms with Crippen molar-refractivity contribution in [2.75, 3.05) is 6.54 Å². The predicted molar refractivity (Wildman–Crippen MR) is 92.6 cm³/mol. The van der Waals surface area contributed by atoms with Crippen molar-refractivity contribution >= 4 is 5.91 Å². The second-order valence-corrected chi connectivity index (χ2v) is 6.25. The van der Waals surface area contributed by atoms with Gasteiger partial charge in [0.15, 0.2) is 0 Å². The van der Waals surface area contributed by atoms with Crippen LogP contribution >= 0.6 is 0 Å². The maximum absolute atomic E-state index is 12.9. The van der Waals surface area contributed by atoms with Crippen molar-refractivity contribution in [2.45, 2.75) is 25.4 Å². The highest BCUT2D eigenvalue weighted by atomic mass is 16.2. The summed E-state index contributed by atoms with van der Waals surface area (Å²) in [7, 11) is 0. The molecular weight excluding hydrogens is 314 g/mol. The number of rotatable bonds is 4. The Hall–Kier alpha value is -3.02. The number of benzene rings is 2. The fourth-order valence-corrected chi connectivity index (χ4v) is 3.49. The lowest BCUT2D eigenvalue weighted by molar-refractivity contribution is -0.135. The van der Waals surface area contributed by atoms with Crippen molar-refractivity contribution in [1.82, 2.24) is 25.1 Å². The summed E-state index contributed by atoms with van der Waals surface area (Å²) in [5, 5.41) is 11.0. The molecule has 1 amide bonds. The van der Waals surface area contributed by atoms with Crippen molar-refractivity contribution in [1.29, 1.82) is 0 Å². The fraction of sp³-hybridized carbons (Fsp3) is 0.263. The summed E-state index contributed by atoms with van der Waals surface area (Å²) in [4.78, 5) is 14.9.